The van der Waals surface area contributed by atoms with Crippen molar-refractivity contribution in [3.05, 3.63) is 71.2 Å². The van der Waals surface area contributed by atoms with E-state index in [9.17, 15) is 9.59 Å². The van der Waals surface area contributed by atoms with E-state index in [1.54, 1.807) is 5.38 Å². The van der Waals surface area contributed by atoms with Gasteiger partial charge in [0.05, 0.1) is 0 Å². The van der Waals surface area contributed by atoms with Crippen molar-refractivity contribution >= 4 is 28.8 Å². The van der Waals surface area contributed by atoms with Crippen LogP contribution in [0.25, 0.3) is 10.6 Å². The number of nitrogens with one attached hydrogen (secondary N) is 2. The molecule has 3 aromatic rings. The van der Waals surface area contributed by atoms with Crippen LogP contribution in [-0.2, 0) is 11.3 Å². The molecule has 6 heteroatoms. The molecule has 148 valence electrons. The van der Waals surface area contributed by atoms with Crippen molar-refractivity contribution in [2.45, 2.75) is 32.2 Å². The van der Waals surface area contributed by atoms with Crippen LogP contribution in [0.4, 0.5) is 5.69 Å². The highest BCUT2D eigenvalue weighted by atomic mass is 32.1. The zero-order chi connectivity index (χ0) is 20.1. The molecule has 1 fully saturated rings. The zero-order valence-electron chi connectivity index (χ0n) is 16.1. The van der Waals surface area contributed by atoms with Crippen LogP contribution in [0, 0.1) is 5.92 Å². The lowest BCUT2D eigenvalue weighted by Gasteiger charge is -2.11. The number of carbonyl (C=O) groups is 2. The number of hydrogen-bond donors (Lipinski definition) is 2. The van der Waals surface area contributed by atoms with E-state index < -0.39 is 0 Å². The fourth-order valence-electron chi connectivity index (χ4n) is 3.56. The molecule has 0 spiro atoms. The van der Waals surface area contributed by atoms with Crippen LogP contribution in [0.3, 0.4) is 0 Å². The van der Waals surface area contributed by atoms with E-state index in [4.69, 9.17) is 0 Å². The molecule has 0 bridgehead atoms. The molecule has 0 saturated heterocycles. The molecular formula is C23H23N3O2S. The second kappa shape index (κ2) is 9.01. The third kappa shape index (κ3) is 4.90. The molecule has 0 aliphatic heterocycles. The molecule has 4 rings (SSSR count). The average Bonchev–Trinajstić information content (AvgIpc) is 3.45. The molecule has 2 N–H and O–H groups in total. The highest BCUT2D eigenvalue weighted by Crippen LogP contribution is 2.26. The normalized spacial score (nSPS) is 13.9. The van der Waals surface area contributed by atoms with Crippen molar-refractivity contribution in [2.24, 2.45) is 5.92 Å². The van der Waals surface area contributed by atoms with Crippen molar-refractivity contribution in [3.8, 4) is 10.6 Å². The number of thiazole rings is 1. The van der Waals surface area contributed by atoms with Crippen LogP contribution in [0.1, 0.15) is 41.7 Å². The Bertz CT molecular complexity index is 994. The van der Waals surface area contributed by atoms with Crippen molar-refractivity contribution in [1.29, 1.82) is 0 Å². The predicted molar refractivity (Wildman–Crippen MR) is 116 cm³/mol. The van der Waals surface area contributed by atoms with E-state index in [1.807, 2.05) is 54.6 Å². The van der Waals surface area contributed by atoms with Gasteiger partial charge in [-0.05, 0) is 30.5 Å². The number of rotatable bonds is 6. The van der Waals surface area contributed by atoms with Gasteiger partial charge in [-0.3, -0.25) is 9.59 Å². The summed E-state index contributed by atoms with van der Waals surface area (Å²) in [6.45, 7) is 0.379. The number of benzene rings is 2. The Kier molecular flexibility index (Phi) is 6.00. The molecular weight excluding hydrogens is 382 g/mol. The van der Waals surface area contributed by atoms with Crippen LogP contribution >= 0.6 is 11.3 Å². The smallest absolute Gasteiger partial charge is 0.271 e. The lowest BCUT2D eigenvalue weighted by molar-refractivity contribution is -0.119. The van der Waals surface area contributed by atoms with E-state index >= 15 is 0 Å². The predicted octanol–water partition coefficient (Wildman–Crippen LogP) is 4.87. The van der Waals surface area contributed by atoms with Crippen molar-refractivity contribution in [2.75, 3.05) is 5.32 Å². The first-order valence-corrected chi connectivity index (χ1v) is 10.8. The molecule has 5 nitrogen and oxygen atoms in total. The first-order valence-electron chi connectivity index (χ1n) is 9.88. The monoisotopic (exact) mass is 405 g/mol. The van der Waals surface area contributed by atoms with Gasteiger partial charge in [-0.25, -0.2) is 4.98 Å². The Balaban J connectivity index is 1.35. The third-order valence-electron chi connectivity index (χ3n) is 5.13. The molecule has 0 atom stereocenters. The SMILES string of the molecule is O=C(NCc1cccc(NC(=O)C2CCCC2)c1)c1csc(-c2ccccc2)n1. The van der Waals surface area contributed by atoms with Gasteiger partial charge in [-0.15, -0.1) is 11.3 Å². The summed E-state index contributed by atoms with van der Waals surface area (Å²) in [6.07, 6.45) is 4.21. The minimum Gasteiger partial charge on any atom is -0.347 e. The molecule has 0 unspecified atom stereocenters. The van der Waals surface area contributed by atoms with Gasteiger partial charge < -0.3 is 10.6 Å². The van der Waals surface area contributed by atoms with Crippen molar-refractivity contribution in [3.63, 3.8) is 0 Å². The largest absolute Gasteiger partial charge is 0.347 e. The Morgan fingerprint density at radius 1 is 1.03 bits per heavy atom. The van der Waals surface area contributed by atoms with E-state index in [2.05, 4.69) is 15.6 Å². The first-order chi connectivity index (χ1) is 14.2. The molecule has 2 aromatic carbocycles. The topological polar surface area (TPSA) is 71.1 Å². The molecule has 1 aliphatic carbocycles. The Morgan fingerprint density at radius 3 is 2.62 bits per heavy atom. The maximum atomic E-state index is 12.5. The summed E-state index contributed by atoms with van der Waals surface area (Å²) in [5.41, 5.74) is 3.12. The number of anilines is 1. The maximum Gasteiger partial charge on any atom is 0.271 e. The molecule has 1 heterocycles. The molecule has 1 aliphatic rings. The van der Waals surface area contributed by atoms with Gasteiger partial charge in [0.15, 0.2) is 0 Å². The van der Waals surface area contributed by atoms with Gasteiger partial charge in [0.25, 0.3) is 5.91 Å². The van der Waals surface area contributed by atoms with Crippen LogP contribution < -0.4 is 10.6 Å². The van der Waals surface area contributed by atoms with Crippen LogP contribution in [-0.4, -0.2) is 16.8 Å². The Morgan fingerprint density at radius 2 is 1.83 bits per heavy atom. The second-order valence-corrected chi connectivity index (χ2v) is 8.12. The number of aromatic nitrogens is 1. The van der Waals surface area contributed by atoms with Gasteiger partial charge in [-0.2, -0.15) is 0 Å². The van der Waals surface area contributed by atoms with Gasteiger partial charge in [0.2, 0.25) is 5.91 Å². The summed E-state index contributed by atoms with van der Waals surface area (Å²) in [6, 6.07) is 17.4. The summed E-state index contributed by atoms with van der Waals surface area (Å²) in [7, 11) is 0. The summed E-state index contributed by atoms with van der Waals surface area (Å²) < 4.78 is 0. The fraction of sp³-hybridized carbons (Fsp3) is 0.261. The highest BCUT2D eigenvalue weighted by molar-refractivity contribution is 7.13. The maximum absolute atomic E-state index is 12.5. The van der Waals surface area contributed by atoms with E-state index in [1.165, 1.54) is 11.3 Å². The number of amides is 2. The standard InChI is InChI=1S/C23H23N3O2S/c27-21(17-8-4-5-9-17)25-19-12-6-7-16(13-19)14-24-22(28)20-15-29-23(26-20)18-10-2-1-3-11-18/h1-3,6-7,10-13,15,17H,4-5,8-9,14H2,(H,24,28)(H,25,27). The molecule has 29 heavy (non-hydrogen) atoms. The van der Waals surface area contributed by atoms with Crippen LogP contribution in [0.15, 0.2) is 60.0 Å². The van der Waals surface area contributed by atoms with E-state index in [-0.39, 0.29) is 17.7 Å². The van der Waals surface area contributed by atoms with Gasteiger partial charge >= 0.3 is 0 Å². The first kappa shape index (κ1) is 19.3. The quantitative estimate of drug-likeness (QED) is 0.615. The summed E-state index contributed by atoms with van der Waals surface area (Å²) in [4.78, 5) is 29.2. The summed E-state index contributed by atoms with van der Waals surface area (Å²) in [5, 5.41) is 8.51. The lowest BCUT2D eigenvalue weighted by atomic mass is 10.1. The van der Waals surface area contributed by atoms with Crippen molar-refractivity contribution in [1.82, 2.24) is 10.3 Å². The molecule has 0 radical (unpaired) electrons. The van der Waals surface area contributed by atoms with E-state index in [0.717, 1.165) is 47.5 Å². The molecule has 1 saturated carbocycles. The lowest BCUT2D eigenvalue weighted by Crippen LogP contribution is -2.23. The van der Waals surface area contributed by atoms with Gasteiger partial charge in [0, 0.05) is 29.1 Å². The van der Waals surface area contributed by atoms with Gasteiger partial charge in [-0.1, -0.05) is 55.3 Å². The van der Waals surface area contributed by atoms with Crippen molar-refractivity contribution < 1.29 is 9.59 Å². The van der Waals surface area contributed by atoms with Crippen LogP contribution in [0.2, 0.25) is 0 Å². The summed E-state index contributed by atoms with van der Waals surface area (Å²) >= 11 is 1.45. The molecule has 1 aromatic heterocycles. The number of nitrogens with zero attached hydrogens (tertiary/aromatic N) is 1. The summed E-state index contributed by atoms with van der Waals surface area (Å²) in [5.74, 6) is 0.0188. The fourth-order valence-corrected chi connectivity index (χ4v) is 4.36. The van der Waals surface area contributed by atoms with E-state index in [0.29, 0.717) is 12.2 Å². The number of carbonyl (C=O) groups excluding carboxylic acids is 2. The molecule has 2 amide bonds. The zero-order valence-corrected chi connectivity index (χ0v) is 16.9. The van der Waals surface area contributed by atoms with Crippen LogP contribution in [0.5, 0.6) is 0 Å². The minimum atomic E-state index is -0.205. The second-order valence-electron chi connectivity index (χ2n) is 7.26. The third-order valence-corrected chi connectivity index (χ3v) is 6.02. The minimum absolute atomic E-state index is 0.0969. The average molecular weight is 406 g/mol. The highest BCUT2D eigenvalue weighted by Gasteiger charge is 2.22. The van der Waals surface area contributed by atoms with Gasteiger partial charge in [0.1, 0.15) is 10.7 Å². The number of hydrogen-bond acceptors (Lipinski definition) is 4. The Hall–Kier alpha value is -2.99. The Labute approximate surface area is 174 Å².